The average Bonchev–Trinajstić information content (AvgIpc) is 3.61. The number of esters is 2. The first-order valence-electron chi connectivity index (χ1n) is 36.3. The van der Waals surface area contributed by atoms with Crippen LogP contribution in [-0.4, -0.2) is 70.0 Å². The molecule has 0 aliphatic heterocycles. The van der Waals surface area contributed by atoms with Crippen molar-refractivity contribution >= 4 is 19.8 Å². The van der Waals surface area contributed by atoms with Gasteiger partial charge in [-0.15, -0.1) is 0 Å². The van der Waals surface area contributed by atoms with Gasteiger partial charge in [0, 0.05) is 12.8 Å². The Hall–Kier alpha value is -2.03. The van der Waals surface area contributed by atoms with Gasteiger partial charge in [0.05, 0.1) is 27.7 Å². The second-order valence-electron chi connectivity index (χ2n) is 25.9. The zero-order valence-electron chi connectivity index (χ0n) is 56.4. The Morgan fingerprint density at radius 1 is 0.381 bits per heavy atom. The van der Waals surface area contributed by atoms with Crippen molar-refractivity contribution in [3.8, 4) is 0 Å². The lowest BCUT2D eigenvalue weighted by Crippen LogP contribution is -2.37. The van der Waals surface area contributed by atoms with Crippen LogP contribution in [0.3, 0.4) is 0 Å². The van der Waals surface area contributed by atoms with Gasteiger partial charge in [-0.3, -0.25) is 14.2 Å². The van der Waals surface area contributed by atoms with E-state index in [1.807, 2.05) is 21.1 Å². The molecule has 0 aromatic heterocycles. The number of rotatable bonds is 68. The number of unbranched alkanes of at least 4 members (excludes halogenated alkanes) is 46. The standard InChI is InChI=1S/C74H140NO8P/c1-6-8-10-12-14-16-18-20-22-24-26-28-29-30-31-32-33-34-35-36-37-38-39-40-41-42-43-44-45-47-49-51-53-55-57-59-61-63-65-67-74(77)83-72(71-82-84(78,79)81-69-68-75(3,4)5)70-80-73(76)66-64-62-60-58-56-54-52-50-48-46-27-25-23-21-19-17-15-13-11-9-7-2/h8,10,14,16,20,22,26,28,72H,6-7,9,11-13,15,17-19,21,23-25,27,29-71H2,1-5H3/b10-8-,16-14-,22-20-,28-26-. The molecule has 0 N–H and O–H groups in total. The highest BCUT2D eigenvalue weighted by Gasteiger charge is 2.22. The number of carbonyl (C=O) groups is 2. The fourth-order valence-electron chi connectivity index (χ4n) is 10.8. The summed E-state index contributed by atoms with van der Waals surface area (Å²) >= 11 is 0. The number of hydrogen-bond donors (Lipinski definition) is 0. The molecule has 2 unspecified atom stereocenters. The van der Waals surface area contributed by atoms with E-state index >= 15 is 0 Å². The van der Waals surface area contributed by atoms with E-state index in [1.54, 1.807) is 0 Å². The number of carbonyl (C=O) groups excluding carboxylic acids is 2. The molecule has 0 aliphatic rings. The number of hydrogen-bond acceptors (Lipinski definition) is 8. The fraction of sp³-hybridized carbons (Fsp3) is 0.865. The summed E-state index contributed by atoms with van der Waals surface area (Å²) in [5, 5.41) is 0. The normalized spacial score (nSPS) is 13.4. The third kappa shape index (κ3) is 69.1. The first-order valence-corrected chi connectivity index (χ1v) is 37.8. The molecule has 0 radical (unpaired) electrons. The van der Waals surface area contributed by atoms with Gasteiger partial charge in [-0.1, -0.05) is 345 Å². The van der Waals surface area contributed by atoms with Gasteiger partial charge >= 0.3 is 11.9 Å². The van der Waals surface area contributed by atoms with Gasteiger partial charge in [0.15, 0.2) is 6.10 Å². The van der Waals surface area contributed by atoms with E-state index in [2.05, 4.69) is 62.5 Å². The van der Waals surface area contributed by atoms with Crippen LogP contribution < -0.4 is 4.89 Å². The molecule has 0 bridgehead atoms. The molecular weight excluding hydrogens is 1060 g/mol. The first kappa shape index (κ1) is 82.0. The van der Waals surface area contributed by atoms with Crippen molar-refractivity contribution in [2.24, 2.45) is 0 Å². The molecule has 2 atom stereocenters. The van der Waals surface area contributed by atoms with Gasteiger partial charge in [-0.05, 0) is 51.4 Å². The summed E-state index contributed by atoms with van der Waals surface area (Å²) in [5.74, 6) is -0.809. The summed E-state index contributed by atoms with van der Waals surface area (Å²) in [6.07, 6.45) is 85.0. The van der Waals surface area contributed by atoms with Gasteiger partial charge in [-0.2, -0.15) is 0 Å². The minimum Gasteiger partial charge on any atom is -0.756 e. The van der Waals surface area contributed by atoms with Gasteiger partial charge < -0.3 is 27.9 Å². The minimum atomic E-state index is -4.64. The third-order valence-corrected chi connectivity index (χ3v) is 17.3. The van der Waals surface area contributed by atoms with E-state index in [9.17, 15) is 19.0 Å². The molecule has 0 aromatic rings. The number of allylic oxidation sites excluding steroid dienone is 8. The van der Waals surface area contributed by atoms with Gasteiger partial charge in [0.2, 0.25) is 0 Å². The summed E-state index contributed by atoms with van der Waals surface area (Å²) in [6.45, 7) is 4.20. The Morgan fingerprint density at radius 3 is 1.01 bits per heavy atom. The van der Waals surface area contributed by atoms with Crippen LogP contribution in [0.4, 0.5) is 0 Å². The smallest absolute Gasteiger partial charge is 0.306 e. The van der Waals surface area contributed by atoms with Crippen LogP contribution in [0.2, 0.25) is 0 Å². The number of ether oxygens (including phenoxy) is 2. The van der Waals surface area contributed by atoms with E-state index < -0.39 is 26.5 Å². The monoisotopic (exact) mass is 1200 g/mol. The quantitative estimate of drug-likeness (QED) is 0.0195. The Morgan fingerprint density at radius 2 is 0.679 bits per heavy atom. The van der Waals surface area contributed by atoms with Crippen LogP contribution in [0.15, 0.2) is 48.6 Å². The summed E-state index contributed by atoms with van der Waals surface area (Å²) < 4.78 is 34.3. The molecule has 0 spiro atoms. The van der Waals surface area contributed by atoms with Crippen molar-refractivity contribution in [1.82, 2.24) is 0 Å². The molecule has 494 valence electrons. The Bertz CT molecular complexity index is 1560. The van der Waals surface area contributed by atoms with E-state index in [0.717, 1.165) is 57.8 Å². The van der Waals surface area contributed by atoms with E-state index in [1.165, 1.54) is 270 Å². The molecule has 0 amide bonds. The van der Waals surface area contributed by atoms with Gasteiger partial charge in [0.25, 0.3) is 7.82 Å². The highest BCUT2D eigenvalue weighted by molar-refractivity contribution is 7.45. The predicted molar refractivity (Wildman–Crippen MR) is 360 cm³/mol. The molecule has 10 heteroatoms. The van der Waals surface area contributed by atoms with Crippen LogP contribution in [0.5, 0.6) is 0 Å². The molecular formula is C74H140NO8P. The van der Waals surface area contributed by atoms with Crippen molar-refractivity contribution in [2.75, 3.05) is 47.5 Å². The molecule has 0 rings (SSSR count). The minimum absolute atomic E-state index is 0.0271. The molecule has 0 heterocycles. The Balaban J connectivity index is 3.90. The van der Waals surface area contributed by atoms with E-state index in [0.29, 0.717) is 17.4 Å². The summed E-state index contributed by atoms with van der Waals surface area (Å²) in [4.78, 5) is 38.0. The number of phosphoric ester groups is 1. The number of likely N-dealkylation sites (N-methyl/N-ethyl adjacent to an activating group) is 1. The van der Waals surface area contributed by atoms with Crippen molar-refractivity contribution < 1.29 is 42.1 Å². The first-order chi connectivity index (χ1) is 41.0. The van der Waals surface area contributed by atoms with Crippen LogP contribution in [0.1, 0.15) is 361 Å². The second kappa shape index (κ2) is 65.4. The van der Waals surface area contributed by atoms with Gasteiger partial charge in [-0.25, -0.2) is 0 Å². The lowest BCUT2D eigenvalue weighted by molar-refractivity contribution is -0.870. The number of quaternary nitrogens is 1. The van der Waals surface area contributed by atoms with Crippen LogP contribution in [-0.2, 0) is 32.7 Å². The average molecular weight is 1200 g/mol. The molecule has 0 fully saturated rings. The van der Waals surface area contributed by atoms with Crippen LogP contribution in [0, 0.1) is 0 Å². The summed E-state index contributed by atoms with van der Waals surface area (Å²) in [5.41, 5.74) is 0. The molecule has 0 saturated carbocycles. The predicted octanol–water partition coefficient (Wildman–Crippen LogP) is 23.0. The highest BCUT2D eigenvalue weighted by Crippen LogP contribution is 2.38. The second-order valence-corrected chi connectivity index (χ2v) is 27.3. The maximum Gasteiger partial charge on any atom is 0.306 e. The molecule has 0 aliphatic carbocycles. The van der Waals surface area contributed by atoms with Crippen molar-refractivity contribution in [2.45, 2.75) is 367 Å². The topological polar surface area (TPSA) is 111 Å². The van der Waals surface area contributed by atoms with Crippen LogP contribution in [0.25, 0.3) is 0 Å². The lowest BCUT2D eigenvalue weighted by Gasteiger charge is -2.28. The van der Waals surface area contributed by atoms with E-state index in [-0.39, 0.29) is 32.0 Å². The molecule has 0 aromatic carbocycles. The zero-order valence-corrected chi connectivity index (χ0v) is 57.3. The molecule has 9 nitrogen and oxygen atoms in total. The Labute approximate surface area is 522 Å². The highest BCUT2D eigenvalue weighted by atomic mass is 31.2. The van der Waals surface area contributed by atoms with Crippen molar-refractivity contribution in [1.29, 1.82) is 0 Å². The van der Waals surface area contributed by atoms with Crippen LogP contribution >= 0.6 is 7.82 Å². The van der Waals surface area contributed by atoms with E-state index in [4.69, 9.17) is 18.5 Å². The van der Waals surface area contributed by atoms with Crippen molar-refractivity contribution in [3.63, 3.8) is 0 Å². The lowest BCUT2D eigenvalue weighted by atomic mass is 10.0. The maximum atomic E-state index is 12.9. The maximum absolute atomic E-state index is 12.9. The van der Waals surface area contributed by atoms with Gasteiger partial charge in [0.1, 0.15) is 19.8 Å². The zero-order chi connectivity index (χ0) is 61.2. The Kier molecular flexibility index (Phi) is 63.8. The largest absolute Gasteiger partial charge is 0.756 e. The van der Waals surface area contributed by atoms with Crippen molar-refractivity contribution in [3.05, 3.63) is 48.6 Å². The molecule has 0 saturated heterocycles. The summed E-state index contributed by atoms with van der Waals surface area (Å²) in [7, 11) is 1.19. The SMILES string of the molecule is CC/C=C\C/C=C\C/C=C\C/C=C\CCCCCCCCCCCCCCCCCCCCCCCCCCCCC(=O)OC(COC(=O)CCCCCCCCCCCCCCCCCCCCCCC)COP(=O)([O-])OCC[N+](C)(C)C. The summed E-state index contributed by atoms with van der Waals surface area (Å²) in [6, 6.07) is 0. The fourth-order valence-corrected chi connectivity index (χ4v) is 11.6. The number of nitrogens with zero attached hydrogens (tertiary/aromatic N) is 1. The number of phosphoric acid groups is 1. The third-order valence-electron chi connectivity index (χ3n) is 16.4. The molecule has 84 heavy (non-hydrogen) atoms.